The number of nitrogens with two attached hydrogens (primary N) is 1. The van der Waals surface area contributed by atoms with Gasteiger partial charge >= 0.3 is 6.09 Å². The van der Waals surface area contributed by atoms with E-state index in [1.54, 1.807) is 12.1 Å². The number of nitrogens with zero attached hydrogens (tertiary/aromatic N) is 4. The molecule has 3 amide bonds. The van der Waals surface area contributed by atoms with Crippen LogP contribution in [-0.4, -0.2) is 115 Å². The number of rotatable bonds is 12. The van der Waals surface area contributed by atoms with E-state index in [1.807, 2.05) is 32.3 Å². The highest BCUT2D eigenvalue weighted by atomic mass is 35.5. The van der Waals surface area contributed by atoms with Crippen molar-refractivity contribution in [2.75, 3.05) is 51.8 Å². The molecule has 4 N–H and O–H groups in total. The van der Waals surface area contributed by atoms with Gasteiger partial charge in [-0.2, -0.15) is 0 Å². The molecule has 2 aliphatic carbocycles. The van der Waals surface area contributed by atoms with Crippen molar-refractivity contribution in [3.63, 3.8) is 0 Å². The summed E-state index contributed by atoms with van der Waals surface area (Å²) in [6.07, 6.45) is 1.78. The van der Waals surface area contributed by atoms with Gasteiger partial charge in [-0.15, -0.1) is 11.3 Å². The van der Waals surface area contributed by atoms with Crippen LogP contribution < -0.4 is 25.8 Å². The molecular weight excluding hydrogens is 698 g/mol. The summed E-state index contributed by atoms with van der Waals surface area (Å²) >= 11 is 8.45. The number of hydrogen-bond acceptors (Lipinski definition) is 12. The predicted octanol–water partition coefficient (Wildman–Crippen LogP) is 3.90. The zero-order chi connectivity index (χ0) is 35.8. The minimum Gasteiger partial charge on any atom is -0.490 e. The lowest BCUT2D eigenvalue weighted by molar-refractivity contribution is -0.136. The molecule has 274 valence electrons. The first kappa shape index (κ1) is 35.5. The normalized spacial score (nSPS) is 25.9. The molecule has 4 heterocycles. The second kappa shape index (κ2) is 15.0. The van der Waals surface area contributed by atoms with Crippen molar-refractivity contribution < 1.29 is 33.3 Å². The lowest BCUT2D eigenvalue weighted by atomic mass is 10.1. The Kier molecular flexibility index (Phi) is 10.4. The number of alkyl carbamates (subject to hydrolysis) is 1. The number of benzene rings is 1. The summed E-state index contributed by atoms with van der Waals surface area (Å²) < 4.78 is 23.9. The first-order valence-electron chi connectivity index (χ1n) is 17.5. The summed E-state index contributed by atoms with van der Waals surface area (Å²) in [7, 11) is 2.04. The molecule has 6 atom stereocenters. The molecule has 0 unspecified atom stereocenters. The number of hydrogen-bond donors (Lipinski definition) is 3. The molecule has 14 nitrogen and oxygen atoms in total. The van der Waals surface area contributed by atoms with Gasteiger partial charge in [-0.25, -0.2) is 14.8 Å². The number of halogens is 1. The molecule has 3 aromatic rings. The van der Waals surface area contributed by atoms with Crippen molar-refractivity contribution >= 4 is 56.9 Å². The number of ether oxygens (including phenoxy) is 4. The average molecular weight is 742 g/mol. The number of carbonyl (C=O) groups is 3. The van der Waals surface area contributed by atoms with Crippen molar-refractivity contribution in [1.82, 2.24) is 25.1 Å². The maximum atomic E-state index is 13.3. The Labute approximate surface area is 305 Å². The predicted molar refractivity (Wildman–Crippen MR) is 192 cm³/mol. The van der Waals surface area contributed by atoms with Crippen LogP contribution in [0, 0.1) is 11.8 Å². The molecule has 2 saturated carbocycles. The monoisotopic (exact) mass is 741 g/mol. The highest BCUT2D eigenvalue weighted by Crippen LogP contribution is 2.52. The van der Waals surface area contributed by atoms with E-state index < -0.39 is 30.1 Å². The smallest absolute Gasteiger partial charge is 0.407 e. The molecule has 0 bridgehead atoms. The van der Waals surface area contributed by atoms with Crippen LogP contribution in [0.4, 0.5) is 9.93 Å². The summed E-state index contributed by atoms with van der Waals surface area (Å²) in [6.45, 7) is 6.28. The molecule has 51 heavy (non-hydrogen) atoms. The van der Waals surface area contributed by atoms with Crippen LogP contribution in [0.5, 0.6) is 11.5 Å². The van der Waals surface area contributed by atoms with E-state index in [0.29, 0.717) is 70.5 Å². The molecule has 1 aromatic carbocycles. The molecule has 4 fully saturated rings. The van der Waals surface area contributed by atoms with Crippen LogP contribution in [0.3, 0.4) is 0 Å². The largest absolute Gasteiger partial charge is 0.490 e. The second-order valence-electron chi connectivity index (χ2n) is 14.2. The number of anilines is 1. The van der Waals surface area contributed by atoms with E-state index in [9.17, 15) is 14.4 Å². The van der Waals surface area contributed by atoms with Crippen LogP contribution in [0.15, 0.2) is 23.6 Å². The maximum absolute atomic E-state index is 13.3. The second-order valence-corrected chi connectivity index (χ2v) is 15.4. The zero-order valence-corrected chi connectivity index (χ0v) is 30.5. The lowest BCUT2D eigenvalue weighted by Crippen LogP contribution is -2.47. The molecule has 0 radical (unpaired) electrons. The van der Waals surface area contributed by atoms with Gasteiger partial charge in [0.15, 0.2) is 5.13 Å². The standard InChI is InChI=1S/C35H44ClN7O7S/c1-18(2)39-34-41-26(17-51-34)25-12-29(24-4-5-28(31(36)32(24)40-25)48-16-21-15-47-7-6-42(21)3)49-23-11-27(33(37)45)43(14-23)30(44)13-38-35(46)50-22-9-19-8-20(19)10-22/h4-5,12,17-23,27H,6-11,13-16H2,1-3H3,(H2,37,45)(H,38,46)(H,39,41)/t19-,20+,21-,22+,23-,27+/m1/s1. The highest BCUT2D eigenvalue weighted by molar-refractivity contribution is 7.14. The number of aromatic nitrogens is 2. The van der Waals surface area contributed by atoms with Crippen LogP contribution in [0.25, 0.3) is 22.3 Å². The Balaban J connectivity index is 1.10. The number of primary amides is 1. The van der Waals surface area contributed by atoms with Crippen molar-refractivity contribution in [3.05, 3.63) is 28.6 Å². The number of carbonyl (C=O) groups excluding carboxylic acids is 3. The van der Waals surface area contributed by atoms with Crippen LogP contribution in [-0.2, 0) is 19.1 Å². The summed E-state index contributed by atoms with van der Waals surface area (Å²) in [5.41, 5.74) is 7.37. The van der Waals surface area contributed by atoms with Gasteiger partial charge in [0.05, 0.1) is 37.0 Å². The summed E-state index contributed by atoms with van der Waals surface area (Å²) in [5, 5.41) is 9.46. The lowest BCUT2D eigenvalue weighted by Gasteiger charge is -2.32. The Morgan fingerprint density at radius 3 is 2.65 bits per heavy atom. The van der Waals surface area contributed by atoms with Crippen LogP contribution in [0.2, 0.25) is 5.02 Å². The molecule has 2 aromatic heterocycles. The van der Waals surface area contributed by atoms with Crippen molar-refractivity contribution in [3.8, 4) is 22.9 Å². The minimum absolute atomic E-state index is 0.0791. The first-order valence-corrected chi connectivity index (χ1v) is 18.7. The van der Waals surface area contributed by atoms with Crippen molar-refractivity contribution in [2.45, 2.75) is 69.9 Å². The zero-order valence-electron chi connectivity index (χ0n) is 28.9. The van der Waals surface area contributed by atoms with Gasteiger partial charge in [0.25, 0.3) is 0 Å². The molecule has 2 saturated heterocycles. The molecule has 16 heteroatoms. The average Bonchev–Trinajstić information content (AvgIpc) is 3.42. The van der Waals surface area contributed by atoms with E-state index >= 15 is 0 Å². The van der Waals surface area contributed by atoms with Crippen LogP contribution in [0.1, 0.15) is 39.5 Å². The first-order chi connectivity index (χ1) is 24.5. The number of morpholine rings is 1. The Hall–Kier alpha value is -3.92. The SMILES string of the molecule is CC(C)Nc1nc(-c2cc(O[C@@H]3C[C@@H](C(N)=O)N(C(=O)CNC(=O)O[C@@H]4C[C@@H]5C[C@@H]5C4)C3)c3ccc(OC[C@H]4COCCN4C)c(Cl)c3n2)cs1. The molecule has 2 aliphatic heterocycles. The van der Waals surface area contributed by atoms with E-state index in [0.717, 1.165) is 24.5 Å². The van der Waals surface area contributed by atoms with Gasteiger partial charge in [0, 0.05) is 35.8 Å². The van der Waals surface area contributed by atoms with Gasteiger partial charge in [0.1, 0.15) is 53.6 Å². The molecular formula is C35H44ClN7O7S. The fourth-order valence-electron chi connectivity index (χ4n) is 7.16. The van der Waals surface area contributed by atoms with E-state index in [2.05, 4.69) is 15.5 Å². The third-order valence-electron chi connectivity index (χ3n) is 10.0. The number of nitrogens with one attached hydrogen (secondary N) is 2. The summed E-state index contributed by atoms with van der Waals surface area (Å²) in [4.78, 5) is 51.4. The number of likely N-dealkylation sites (tertiary alicyclic amines) is 1. The third-order valence-corrected chi connectivity index (χ3v) is 11.2. The van der Waals surface area contributed by atoms with Crippen molar-refractivity contribution in [1.29, 1.82) is 0 Å². The van der Waals surface area contributed by atoms with Gasteiger partial charge in [-0.05, 0) is 64.1 Å². The Bertz CT molecular complexity index is 1780. The number of amides is 3. The van der Waals surface area contributed by atoms with Crippen molar-refractivity contribution in [2.24, 2.45) is 17.6 Å². The topological polar surface area (TPSA) is 170 Å². The fourth-order valence-corrected chi connectivity index (χ4v) is 8.27. The quantitative estimate of drug-likeness (QED) is 0.246. The van der Waals surface area contributed by atoms with E-state index in [1.165, 1.54) is 22.7 Å². The Morgan fingerprint density at radius 1 is 1.10 bits per heavy atom. The summed E-state index contributed by atoms with van der Waals surface area (Å²) in [6, 6.07) is 4.77. The van der Waals surface area contributed by atoms with Gasteiger partial charge in [0.2, 0.25) is 11.8 Å². The van der Waals surface area contributed by atoms with Gasteiger partial charge in [-0.3, -0.25) is 14.5 Å². The van der Waals surface area contributed by atoms with Crippen LogP contribution >= 0.6 is 22.9 Å². The van der Waals surface area contributed by atoms with Gasteiger partial charge < -0.3 is 40.2 Å². The third kappa shape index (κ3) is 8.11. The number of likely N-dealkylation sites (N-methyl/N-ethyl adjacent to an activating group) is 1. The van der Waals surface area contributed by atoms with E-state index in [4.69, 9.17) is 46.3 Å². The molecule has 7 rings (SSSR count). The minimum atomic E-state index is -0.913. The van der Waals surface area contributed by atoms with Gasteiger partial charge in [-0.1, -0.05) is 11.6 Å². The fraction of sp³-hybridized carbons (Fsp3) is 0.571. The number of fused-ring (bicyclic) bond motifs is 2. The Morgan fingerprint density at radius 2 is 1.90 bits per heavy atom. The van der Waals surface area contributed by atoms with E-state index in [-0.39, 0.29) is 37.7 Å². The summed E-state index contributed by atoms with van der Waals surface area (Å²) in [5.74, 6) is 1.13. The number of pyridine rings is 1. The number of thiazole rings is 1. The highest BCUT2D eigenvalue weighted by Gasteiger charge is 2.47. The maximum Gasteiger partial charge on any atom is 0.407 e. The molecule has 4 aliphatic rings. The molecule has 0 spiro atoms.